The van der Waals surface area contributed by atoms with E-state index >= 15 is 0 Å². The average molecular weight is 329 g/mol. The van der Waals surface area contributed by atoms with Crippen LogP contribution in [0.1, 0.15) is 43.2 Å². The number of halogens is 3. The van der Waals surface area contributed by atoms with Crippen LogP contribution in [0.4, 0.5) is 13.2 Å². The van der Waals surface area contributed by atoms with Gasteiger partial charge in [-0.05, 0) is 31.1 Å². The maximum absolute atomic E-state index is 12.8. The summed E-state index contributed by atoms with van der Waals surface area (Å²) in [5.41, 5.74) is 1.87. The number of hydrazone groups is 1. The standard InChI is InChI=1S/C15H18F3N3S/c16-15(17,18)13-9-5-4-6-11(13)10-19-21-14(22)20-12-7-2-1-3-8-12/h4-6,9-10,12H,1-3,7-8H2,(H2,20,21,22)/b19-10-. The van der Waals surface area contributed by atoms with E-state index in [4.69, 9.17) is 12.2 Å². The van der Waals surface area contributed by atoms with Gasteiger partial charge in [0.15, 0.2) is 5.11 Å². The van der Waals surface area contributed by atoms with Gasteiger partial charge in [-0.15, -0.1) is 0 Å². The molecule has 1 aromatic rings. The highest BCUT2D eigenvalue weighted by Gasteiger charge is 2.32. The predicted molar refractivity (Wildman–Crippen MR) is 84.8 cm³/mol. The van der Waals surface area contributed by atoms with Crippen LogP contribution >= 0.6 is 12.2 Å². The molecule has 0 aliphatic heterocycles. The van der Waals surface area contributed by atoms with Crippen LogP contribution in [0.25, 0.3) is 0 Å². The van der Waals surface area contributed by atoms with Crippen molar-refractivity contribution in [1.29, 1.82) is 0 Å². The van der Waals surface area contributed by atoms with Gasteiger partial charge in [0.2, 0.25) is 0 Å². The van der Waals surface area contributed by atoms with E-state index in [0.29, 0.717) is 11.2 Å². The van der Waals surface area contributed by atoms with E-state index in [1.165, 1.54) is 37.5 Å². The Hall–Kier alpha value is -1.63. The lowest BCUT2D eigenvalue weighted by atomic mass is 9.96. The summed E-state index contributed by atoms with van der Waals surface area (Å²) < 4.78 is 38.5. The minimum Gasteiger partial charge on any atom is -0.359 e. The SMILES string of the molecule is FC(F)(F)c1ccccc1/C=N\NC(=S)NC1CCCCC1. The Morgan fingerprint density at radius 2 is 1.86 bits per heavy atom. The second-order valence-electron chi connectivity index (χ2n) is 5.26. The molecular formula is C15H18F3N3S. The summed E-state index contributed by atoms with van der Waals surface area (Å²) in [6.07, 6.45) is 2.43. The third-order valence-corrected chi connectivity index (χ3v) is 3.79. The monoisotopic (exact) mass is 329 g/mol. The van der Waals surface area contributed by atoms with E-state index in [1.807, 2.05) is 0 Å². The Kier molecular flexibility index (Phi) is 5.76. The maximum atomic E-state index is 12.8. The van der Waals surface area contributed by atoms with Gasteiger partial charge in [-0.2, -0.15) is 18.3 Å². The number of benzene rings is 1. The molecule has 1 saturated carbocycles. The topological polar surface area (TPSA) is 36.4 Å². The number of hydrogen-bond donors (Lipinski definition) is 2. The molecule has 22 heavy (non-hydrogen) atoms. The first-order valence-corrected chi connectivity index (χ1v) is 7.63. The van der Waals surface area contributed by atoms with Gasteiger partial charge in [-0.1, -0.05) is 37.5 Å². The summed E-state index contributed by atoms with van der Waals surface area (Å²) in [7, 11) is 0. The van der Waals surface area contributed by atoms with Gasteiger partial charge in [0.05, 0.1) is 11.8 Å². The molecule has 2 rings (SSSR count). The summed E-state index contributed by atoms with van der Waals surface area (Å²) in [5.74, 6) is 0. The molecule has 1 aromatic carbocycles. The lowest BCUT2D eigenvalue weighted by molar-refractivity contribution is -0.137. The first-order chi connectivity index (χ1) is 10.5. The van der Waals surface area contributed by atoms with Gasteiger partial charge in [0.25, 0.3) is 0 Å². The first kappa shape index (κ1) is 16.7. The molecular weight excluding hydrogens is 311 g/mol. The lowest BCUT2D eigenvalue weighted by Gasteiger charge is -2.23. The summed E-state index contributed by atoms with van der Waals surface area (Å²) in [4.78, 5) is 0. The molecule has 1 aliphatic carbocycles. The molecule has 120 valence electrons. The largest absolute Gasteiger partial charge is 0.417 e. The molecule has 3 nitrogen and oxygen atoms in total. The zero-order chi connectivity index (χ0) is 16.0. The highest BCUT2D eigenvalue weighted by atomic mass is 32.1. The number of rotatable bonds is 3. The van der Waals surface area contributed by atoms with Crippen molar-refractivity contribution in [2.24, 2.45) is 5.10 Å². The fourth-order valence-corrected chi connectivity index (χ4v) is 2.71. The van der Waals surface area contributed by atoms with Gasteiger partial charge in [0, 0.05) is 11.6 Å². The van der Waals surface area contributed by atoms with Crippen LogP contribution in [0.3, 0.4) is 0 Å². The van der Waals surface area contributed by atoms with Crippen LogP contribution < -0.4 is 10.7 Å². The number of nitrogens with zero attached hydrogens (tertiary/aromatic N) is 1. The Bertz CT molecular complexity index is 537. The van der Waals surface area contributed by atoms with Gasteiger partial charge in [-0.25, -0.2) is 0 Å². The molecule has 1 fully saturated rings. The van der Waals surface area contributed by atoms with E-state index in [1.54, 1.807) is 0 Å². The molecule has 7 heteroatoms. The Morgan fingerprint density at radius 1 is 1.18 bits per heavy atom. The molecule has 1 aliphatic rings. The summed E-state index contributed by atoms with van der Waals surface area (Å²) in [6, 6.07) is 5.61. The van der Waals surface area contributed by atoms with Crippen LogP contribution in [0.2, 0.25) is 0 Å². The second-order valence-corrected chi connectivity index (χ2v) is 5.67. The number of thiocarbonyl (C=S) groups is 1. The van der Waals surface area contributed by atoms with E-state index in [2.05, 4.69) is 15.8 Å². The van der Waals surface area contributed by atoms with Crippen molar-refractivity contribution < 1.29 is 13.2 Å². The molecule has 0 atom stereocenters. The quantitative estimate of drug-likeness (QED) is 0.503. The minimum absolute atomic E-state index is 0.00275. The van der Waals surface area contributed by atoms with E-state index in [-0.39, 0.29) is 5.56 Å². The van der Waals surface area contributed by atoms with E-state index < -0.39 is 11.7 Å². The van der Waals surface area contributed by atoms with Crippen LogP contribution in [0.15, 0.2) is 29.4 Å². The summed E-state index contributed by atoms with van der Waals surface area (Å²) in [6.45, 7) is 0. The molecule has 0 spiro atoms. The molecule has 0 heterocycles. The van der Waals surface area contributed by atoms with Crippen molar-refractivity contribution in [3.8, 4) is 0 Å². The molecule has 0 radical (unpaired) electrons. The normalized spacial score (nSPS) is 16.7. The van der Waals surface area contributed by atoms with Gasteiger partial charge in [0.1, 0.15) is 0 Å². The van der Waals surface area contributed by atoms with Crippen molar-refractivity contribution in [2.45, 2.75) is 44.3 Å². The molecule has 2 N–H and O–H groups in total. The zero-order valence-electron chi connectivity index (χ0n) is 12.0. The van der Waals surface area contributed by atoms with Crippen molar-refractivity contribution in [1.82, 2.24) is 10.7 Å². The van der Waals surface area contributed by atoms with Crippen molar-refractivity contribution in [3.05, 3.63) is 35.4 Å². The Balaban J connectivity index is 1.91. The number of hydrogen-bond acceptors (Lipinski definition) is 2. The van der Waals surface area contributed by atoms with Gasteiger partial charge >= 0.3 is 6.18 Å². The van der Waals surface area contributed by atoms with Crippen LogP contribution in [0, 0.1) is 0 Å². The van der Waals surface area contributed by atoms with Gasteiger partial charge < -0.3 is 5.32 Å². The van der Waals surface area contributed by atoms with Crippen molar-refractivity contribution in [2.75, 3.05) is 0 Å². The van der Waals surface area contributed by atoms with Crippen LogP contribution in [0.5, 0.6) is 0 Å². The number of nitrogens with one attached hydrogen (secondary N) is 2. The number of alkyl halides is 3. The van der Waals surface area contributed by atoms with Crippen LogP contribution in [-0.4, -0.2) is 17.4 Å². The lowest BCUT2D eigenvalue weighted by Crippen LogP contribution is -2.40. The molecule has 0 aromatic heterocycles. The average Bonchev–Trinajstić information content (AvgIpc) is 2.48. The predicted octanol–water partition coefficient (Wildman–Crippen LogP) is 3.84. The third kappa shape index (κ3) is 4.98. The molecule has 0 amide bonds. The minimum atomic E-state index is -4.40. The first-order valence-electron chi connectivity index (χ1n) is 7.22. The summed E-state index contributed by atoms with van der Waals surface area (Å²) >= 11 is 5.10. The highest BCUT2D eigenvalue weighted by Crippen LogP contribution is 2.31. The third-order valence-electron chi connectivity index (χ3n) is 3.58. The smallest absolute Gasteiger partial charge is 0.359 e. The zero-order valence-corrected chi connectivity index (χ0v) is 12.8. The molecule has 0 bridgehead atoms. The van der Waals surface area contributed by atoms with E-state index in [0.717, 1.165) is 25.1 Å². The maximum Gasteiger partial charge on any atom is 0.417 e. The van der Waals surface area contributed by atoms with Crippen LogP contribution in [-0.2, 0) is 6.18 Å². The van der Waals surface area contributed by atoms with Crippen molar-refractivity contribution in [3.63, 3.8) is 0 Å². The second kappa shape index (κ2) is 7.58. The summed E-state index contributed by atoms with van der Waals surface area (Å²) in [5, 5.41) is 7.28. The highest BCUT2D eigenvalue weighted by molar-refractivity contribution is 7.80. The molecule has 0 saturated heterocycles. The Morgan fingerprint density at radius 3 is 2.55 bits per heavy atom. The van der Waals surface area contributed by atoms with E-state index in [9.17, 15) is 13.2 Å². The molecule has 0 unspecified atom stereocenters. The van der Waals surface area contributed by atoms with Crippen molar-refractivity contribution >= 4 is 23.5 Å². The van der Waals surface area contributed by atoms with Gasteiger partial charge in [-0.3, -0.25) is 5.43 Å². The fourth-order valence-electron chi connectivity index (χ4n) is 2.49. The Labute approximate surface area is 133 Å². The fraction of sp³-hybridized carbons (Fsp3) is 0.467.